The molecular weight excluding hydrogens is 433 g/mol. The number of ether oxygens (including phenoxy) is 1. The summed E-state index contributed by atoms with van der Waals surface area (Å²) in [6, 6.07) is 8.33. The molecule has 0 bridgehead atoms. The van der Waals surface area contributed by atoms with Crippen LogP contribution in [-0.2, 0) is 11.3 Å². The maximum Gasteiger partial charge on any atom is 0.316 e. The number of hydrogen-bond donors (Lipinski definition) is 2. The van der Waals surface area contributed by atoms with E-state index in [1.165, 1.54) is 37.8 Å². The number of rotatable bonds is 12. The Morgan fingerprint density at radius 1 is 1.00 bits per heavy atom. The van der Waals surface area contributed by atoms with Crippen LogP contribution in [0.2, 0.25) is 10.0 Å². The van der Waals surface area contributed by atoms with E-state index in [2.05, 4.69) is 11.6 Å². The largest absolute Gasteiger partial charge is 0.505 e. The molecule has 2 aromatic rings. The third kappa shape index (κ3) is 7.96. The highest BCUT2D eigenvalue weighted by Crippen LogP contribution is 2.35. The molecule has 1 atom stereocenters. The van der Waals surface area contributed by atoms with E-state index in [0.29, 0.717) is 23.8 Å². The zero-order valence-corrected chi connectivity index (χ0v) is 19.0. The molecule has 1 unspecified atom stereocenters. The topological polar surface area (TPSA) is 67.8 Å². The van der Waals surface area contributed by atoms with Gasteiger partial charge in [0, 0.05) is 0 Å². The smallest absolute Gasteiger partial charge is 0.316 e. The number of phenolic OH excluding ortho intramolecular Hbond substituents is 1. The summed E-state index contributed by atoms with van der Waals surface area (Å²) in [6.45, 7) is 4.70. The van der Waals surface area contributed by atoms with Crippen molar-refractivity contribution in [2.24, 2.45) is 0 Å². The van der Waals surface area contributed by atoms with E-state index in [9.17, 15) is 9.32 Å². The molecule has 2 N–H and O–H groups in total. The molecule has 0 aliphatic rings. The molecule has 2 aromatic carbocycles. The van der Waals surface area contributed by atoms with Crippen molar-refractivity contribution in [3.05, 3.63) is 45.9 Å². The Morgan fingerprint density at radius 3 is 2.34 bits per heavy atom. The van der Waals surface area contributed by atoms with Crippen LogP contribution in [0.4, 0.5) is 5.69 Å². The second kappa shape index (κ2) is 12.2. The molecule has 0 saturated carbocycles. The zero-order valence-electron chi connectivity index (χ0n) is 16.7. The van der Waals surface area contributed by atoms with Crippen molar-refractivity contribution in [1.29, 1.82) is 0 Å². The van der Waals surface area contributed by atoms with E-state index in [4.69, 9.17) is 32.1 Å². The van der Waals surface area contributed by atoms with E-state index in [1.54, 1.807) is 6.07 Å². The van der Waals surface area contributed by atoms with Crippen LogP contribution in [0, 0.1) is 6.92 Å². The summed E-state index contributed by atoms with van der Waals surface area (Å²) in [7, 11) is 0. The minimum atomic E-state index is -1.91. The van der Waals surface area contributed by atoms with Crippen molar-refractivity contribution in [2.75, 3.05) is 11.3 Å². The van der Waals surface area contributed by atoms with E-state index >= 15 is 0 Å². The van der Waals surface area contributed by atoms with E-state index in [1.807, 2.05) is 19.1 Å². The summed E-state index contributed by atoms with van der Waals surface area (Å²) in [5.41, 5.74) is 1.32. The average molecular weight is 460 g/mol. The van der Waals surface area contributed by atoms with Crippen LogP contribution >= 0.6 is 23.2 Å². The summed E-state index contributed by atoms with van der Waals surface area (Å²) < 4.78 is 26.4. The summed E-state index contributed by atoms with van der Waals surface area (Å²) >= 11 is 9.87. The lowest BCUT2D eigenvalue weighted by molar-refractivity contribution is 0.296. The number of unbranched alkanes of at least 4 members (excludes halogenated alkanes) is 5. The van der Waals surface area contributed by atoms with E-state index in [0.717, 1.165) is 18.4 Å². The Morgan fingerprint density at radius 2 is 1.66 bits per heavy atom. The summed E-state index contributed by atoms with van der Waals surface area (Å²) in [4.78, 5) is 0. The summed E-state index contributed by atoms with van der Waals surface area (Å²) in [5, 5.41) is 9.72. The number of phenols is 1. The molecule has 0 saturated heterocycles. The number of benzene rings is 2. The van der Waals surface area contributed by atoms with Gasteiger partial charge in [-0.1, -0.05) is 68.3 Å². The predicted molar refractivity (Wildman–Crippen MR) is 121 cm³/mol. The SMILES string of the molecule is CCCCCCCCOc1ccc(C)cc1OS(=O)Nc1cc(Cl)c(O)c(Cl)c1. The number of nitrogens with one attached hydrogen (secondary N) is 1. The van der Waals surface area contributed by atoms with Gasteiger partial charge >= 0.3 is 11.3 Å². The number of hydrogen-bond acceptors (Lipinski definition) is 4. The minimum absolute atomic E-state index is 0.0514. The Hall–Kier alpha value is -1.63. The third-order valence-electron chi connectivity index (χ3n) is 4.24. The molecule has 0 heterocycles. The average Bonchev–Trinajstić information content (AvgIpc) is 2.66. The van der Waals surface area contributed by atoms with Gasteiger partial charge in [-0.2, -0.15) is 4.21 Å². The van der Waals surface area contributed by atoms with Gasteiger partial charge in [0.2, 0.25) is 0 Å². The fraction of sp³-hybridized carbons (Fsp3) is 0.429. The molecule has 0 aliphatic carbocycles. The number of aromatic hydroxyl groups is 1. The maximum absolute atomic E-state index is 12.4. The first-order valence-electron chi connectivity index (χ1n) is 9.69. The lowest BCUT2D eigenvalue weighted by Gasteiger charge is -2.13. The second-order valence-electron chi connectivity index (χ2n) is 6.78. The van der Waals surface area contributed by atoms with Crippen LogP contribution in [0.3, 0.4) is 0 Å². The summed E-state index contributed by atoms with van der Waals surface area (Å²) in [5.74, 6) is 0.702. The van der Waals surface area contributed by atoms with Crippen molar-refractivity contribution in [3.8, 4) is 17.2 Å². The van der Waals surface area contributed by atoms with Gasteiger partial charge in [0.1, 0.15) is 0 Å². The highest BCUT2D eigenvalue weighted by Gasteiger charge is 2.13. The van der Waals surface area contributed by atoms with Gasteiger partial charge in [-0.3, -0.25) is 4.72 Å². The molecule has 2 rings (SSSR count). The first kappa shape index (κ1) is 23.6. The fourth-order valence-electron chi connectivity index (χ4n) is 2.69. The quantitative estimate of drug-likeness (QED) is 0.270. The molecule has 0 aliphatic heterocycles. The van der Waals surface area contributed by atoms with Crippen LogP contribution in [0.25, 0.3) is 0 Å². The summed E-state index contributed by atoms with van der Waals surface area (Å²) in [6.07, 6.45) is 7.05. The lowest BCUT2D eigenvalue weighted by Crippen LogP contribution is -2.12. The molecule has 160 valence electrons. The van der Waals surface area contributed by atoms with Gasteiger partial charge < -0.3 is 14.0 Å². The van der Waals surface area contributed by atoms with Crippen LogP contribution < -0.4 is 13.6 Å². The molecule has 0 amide bonds. The predicted octanol–water partition coefficient (Wildman–Crippen LogP) is 6.82. The molecule has 0 fully saturated rings. The second-order valence-corrected chi connectivity index (χ2v) is 8.43. The van der Waals surface area contributed by atoms with Crippen molar-refractivity contribution >= 4 is 40.2 Å². The van der Waals surface area contributed by atoms with E-state index < -0.39 is 11.3 Å². The van der Waals surface area contributed by atoms with Crippen LogP contribution in [0.5, 0.6) is 17.2 Å². The maximum atomic E-state index is 12.4. The van der Waals surface area contributed by atoms with Gasteiger partial charge in [-0.15, -0.1) is 0 Å². The molecule has 0 radical (unpaired) electrons. The third-order valence-corrected chi connectivity index (χ3v) is 5.55. The highest BCUT2D eigenvalue weighted by molar-refractivity contribution is 7.82. The van der Waals surface area contributed by atoms with E-state index in [-0.39, 0.29) is 15.8 Å². The van der Waals surface area contributed by atoms with Gasteiger partial charge in [0.15, 0.2) is 17.2 Å². The highest BCUT2D eigenvalue weighted by atomic mass is 35.5. The van der Waals surface area contributed by atoms with Crippen molar-refractivity contribution in [1.82, 2.24) is 0 Å². The van der Waals surface area contributed by atoms with Crippen molar-refractivity contribution < 1.29 is 18.2 Å². The molecule has 29 heavy (non-hydrogen) atoms. The first-order chi connectivity index (χ1) is 13.9. The molecule has 0 aromatic heterocycles. The standard InChI is InChI=1S/C21H27Cl2NO4S/c1-3-4-5-6-7-8-11-27-19-10-9-15(2)12-20(19)28-29(26)24-16-13-17(22)21(25)18(23)14-16/h9-10,12-14,24-25H,3-8,11H2,1-2H3. The molecular formula is C21H27Cl2NO4S. The van der Waals surface area contributed by atoms with Gasteiger partial charge in [0.25, 0.3) is 0 Å². The van der Waals surface area contributed by atoms with Gasteiger partial charge in [0.05, 0.1) is 22.3 Å². The number of halogens is 2. The lowest BCUT2D eigenvalue weighted by atomic mass is 10.1. The zero-order chi connectivity index (χ0) is 21.2. The van der Waals surface area contributed by atoms with Crippen LogP contribution in [0.15, 0.2) is 30.3 Å². The fourth-order valence-corrected chi connectivity index (χ4v) is 3.82. The normalized spacial score (nSPS) is 11.9. The Balaban J connectivity index is 1.93. The minimum Gasteiger partial charge on any atom is -0.505 e. The monoisotopic (exact) mass is 459 g/mol. The van der Waals surface area contributed by atoms with Gasteiger partial charge in [-0.25, -0.2) is 0 Å². The molecule has 5 nitrogen and oxygen atoms in total. The molecule has 8 heteroatoms. The van der Waals surface area contributed by atoms with Crippen molar-refractivity contribution in [2.45, 2.75) is 52.4 Å². The van der Waals surface area contributed by atoms with Crippen molar-refractivity contribution in [3.63, 3.8) is 0 Å². The molecule has 0 spiro atoms. The Kier molecular flexibility index (Phi) is 9.91. The Bertz CT molecular complexity index is 809. The Labute approximate surface area is 185 Å². The number of aryl methyl sites for hydroxylation is 1. The first-order valence-corrected chi connectivity index (χ1v) is 11.5. The van der Waals surface area contributed by atoms with Crippen LogP contribution in [-0.4, -0.2) is 15.9 Å². The number of anilines is 1. The van der Waals surface area contributed by atoms with Gasteiger partial charge in [-0.05, 0) is 43.2 Å². The van der Waals surface area contributed by atoms with Crippen LogP contribution in [0.1, 0.15) is 51.0 Å².